The Bertz CT molecular complexity index is 822. The maximum absolute atomic E-state index is 12.0. The largest absolute Gasteiger partial charge is 0.497 e. The number of ether oxygens (including phenoxy) is 3. The van der Waals surface area contributed by atoms with E-state index in [4.69, 9.17) is 25.8 Å². The summed E-state index contributed by atoms with van der Waals surface area (Å²) < 4.78 is 16.3. The molecule has 0 heterocycles. The van der Waals surface area contributed by atoms with Gasteiger partial charge in [0, 0.05) is 0 Å². The molecule has 2 aromatic rings. The van der Waals surface area contributed by atoms with E-state index >= 15 is 0 Å². The van der Waals surface area contributed by atoms with E-state index in [9.17, 15) is 4.79 Å². The molecule has 2 aromatic carbocycles. The first-order valence-electron chi connectivity index (χ1n) is 8.95. The Kier molecular flexibility index (Phi) is 8.14. The summed E-state index contributed by atoms with van der Waals surface area (Å²) in [6, 6.07) is 10.8. The van der Waals surface area contributed by atoms with Crippen LogP contribution in [0.15, 0.2) is 41.5 Å². The molecule has 1 N–H and O–H groups in total. The molecular formula is C21H25ClN2O4. The second-order valence-electron chi connectivity index (χ2n) is 6.19. The average Bonchev–Trinajstić information content (AvgIpc) is 2.70. The summed E-state index contributed by atoms with van der Waals surface area (Å²) in [7, 11) is 3.15. The van der Waals surface area contributed by atoms with Gasteiger partial charge >= 0.3 is 0 Å². The van der Waals surface area contributed by atoms with Crippen molar-refractivity contribution in [3.05, 3.63) is 52.5 Å². The van der Waals surface area contributed by atoms with Gasteiger partial charge in [-0.05, 0) is 48.7 Å². The van der Waals surface area contributed by atoms with Crippen LogP contribution in [0.3, 0.4) is 0 Å². The van der Waals surface area contributed by atoms with E-state index in [2.05, 4.69) is 10.5 Å². The van der Waals surface area contributed by atoms with Crippen molar-refractivity contribution in [1.29, 1.82) is 0 Å². The van der Waals surface area contributed by atoms with Crippen molar-refractivity contribution in [3.8, 4) is 17.2 Å². The number of methoxy groups -OCH3 is 2. The Balaban J connectivity index is 2.00. The van der Waals surface area contributed by atoms with Crippen LogP contribution >= 0.6 is 11.6 Å². The molecule has 0 bridgehead atoms. The van der Waals surface area contributed by atoms with E-state index in [0.29, 0.717) is 22.1 Å². The van der Waals surface area contributed by atoms with Gasteiger partial charge < -0.3 is 14.2 Å². The lowest BCUT2D eigenvalue weighted by Gasteiger charge is -2.17. The van der Waals surface area contributed by atoms with Gasteiger partial charge in [-0.3, -0.25) is 4.79 Å². The Labute approximate surface area is 170 Å². The van der Waals surface area contributed by atoms with Crippen molar-refractivity contribution in [2.24, 2.45) is 5.10 Å². The van der Waals surface area contributed by atoms with Crippen LogP contribution in [0.2, 0.25) is 5.02 Å². The molecule has 6 nitrogen and oxygen atoms in total. The number of nitrogens with zero attached hydrogens (tertiary/aromatic N) is 1. The number of benzene rings is 2. The highest BCUT2D eigenvalue weighted by molar-refractivity contribution is 6.32. The Hall–Kier alpha value is -2.73. The molecule has 0 saturated carbocycles. The molecule has 28 heavy (non-hydrogen) atoms. The van der Waals surface area contributed by atoms with Crippen molar-refractivity contribution in [2.75, 3.05) is 14.2 Å². The number of hydrazone groups is 1. The highest BCUT2D eigenvalue weighted by Crippen LogP contribution is 2.37. The lowest BCUT2D eigenvalue weighted by atomic mass is 10.1. The molecule has 0 aliphatic rings. The molecule has 150 valence electrons. The summed E-state index contributed by atoms with van der Waals surface area (Å²) in [4.78, 5) is 12.0. The normalized spacial score (nSPS) is 11.9. The number of hydrogen-bond acceptors (Lipinski definition) is 5. The third-order valence-corrected chi connectivity index (χ3v) is 4.35. The number of hydrogen-bond donors (Lipinski definition) is 1. The Morgan fingerprint density at radius 3 is 2.54 bits per heavy atom. The molecule has 0 unspecified atom stereocenters. The first-order valence-corrected chi connectivity index (χ1v) is 9.33. The van der Waals surface area contributed by atoms with Crippen molar-refractivity contribution >= 4 is 23.7 Å². The summed E-state index contributed by atoms with van der Waals surface area (Å²) >= 11 is 6.32. The standard InChI is InChI=1S/C21H25ClN2O4/c1-5-14(2)28-21-18(22)10-16(11-19(21)27-4)13-23-24-20(25)12-15-6-8-17(26-3)9-7-15/h6-11,13-14H,5,12H2,1-4H3,(H,24,25)/b23-13+/t14-/m0/s1. The minimum absolute atomic E-state index is 0.0168. The summed E-state index contributed by atoms with van der Waals surface area (Å²) in [5, 5.41) is 4.41. The van der Waals surface area contributed by atoms with E-state index < -0.39 is 0 Å². The van der Waals surface area contributed by atoms with Crippen LogP contribution in [0.25, 0.3) is 0 Å². The number of nitrogens with one attached hydrogen (secondary N) is 1. The Morgan fingerprint density at radius 2 is 1.93 bits per heavy atom. The number of carbonyl (C=O) groups is 1. The summed E-state index contributed by atoms with van der Waals surface area (Å²) in [6.45, 7) is 3.99. The number of rotatable bonds is 9. The number of carbonyl (C=O) groups excluding carboxylic acids is 1. The van der Waals surface area contributed by atoms with Crippen LogP contribution in [-0.2, 0) is 11.2 Å². The maximum atomic E-state index is 12.0. The highest BCUT2D eigenvalue weighted by atomic mass is 35.5. The molecule has 1 amide bonds. The first-order chi connectivity index (χ1) is 13.5. The van der Waals surface area contributed by atoms with Gasteiger partial charge in [0.25, 0.3) is 0 Å². The molecule has 0 spiro atoms. The molecular weight excluding hydrogens is 380 g/mol. The van der Waals surface area contributed by atoms with Crippen molar-refractivity contribution in [1.82, 2.24) is 5.43 Å². The molecule has 0 aromatic heterocycles. The van der Waals surface area contributed by atoms with Gasteiger partial charge in [-0.1, -0.05) is 30.7 Å². The maximum Gasteiger partial charge on any atom is 0.244 e. The molecule has 0 aliphatic carbocycles. The van der Waals surface area contributed by atoms with Crippen LogP contribution in [0, 0.1) is 0 Å². The number of amides is 1. The molecule has 0 saturated heterocycles. The lowest BCUT2D eigenvalue weighted by Crippen LogP contribution is -2.19. The van der Waals surface area contributed by atoms with Crippen LogP contribution in [0.5, 0.6) is 17.2 Å². The van der Waals surface area contributed by atoms with Crippen LogP contribution in [0.1, 0.15) is 31.4 Å². The fourth-order valence-electron chi connectivity index (χ4n) is 2.36. The van der Waals surface area contributed by atoms with Crippen molar-refractivity contribution in [2.45, 2.75) is 32.8 Å². The fourth-order valence-corrected chi connectivity index (χ4v) is 2.62. The van der Waals surface area contributed by atoms with Gasteiger partial charge in [-0.15, -0.1) is 0 Å². The van der Waals surface area contributed by atoms with E-state index in [1.165, 1.54) is 6.21 Å². The lowest BCUT2D eigenvalue weighted by molar-refractivity contribution is -0.120. The number of halogens is 1. The first kappa shape index (κ1) is 21.6. The SMILES string of the molecule is CC[C@H](C)Oc1c(Cl)cc(/C=N/NC(=O)Cc2ccc(OC)cc2)cc1OC. The molecule has 7 heteroatoms. The minimum atomic E-state index is -0.226. The molecule has 0 aliphatic heterocycles. The summed E-state index contributed by atoms with van der Waals surface area (Å²) in [6.07, 6.45) is 2.59. The zero-order valence-electron chi connectivity index (χ0n) is 16.5. The van der Waals surface area contributed by atoms with Gasteiger partial charge in [0.1, 0.15) is 5.75 Å². The quantitative estimate of drug-likeness (QED) is 0.501. The van der Waals surface area contributed by atoms with Crippen LogP contribution in [0.4, 0.5) is 0 Å². The van der Waals surface area contributed by atoms with Crippen LogP contribution in [-0.4, -0.2) is 32.4 Å². The second-order valence-corrected chi connectivity index (χ2v) is 6.60. The zero-order valence-corrected chi connectivity index (χ0v) is 17.2. The molecule has 1 atom stereocenters. The second kappa shape index (κ2) is 10.6. The van der Waals surface area contributed by atoms with Crippen molar-refractivity contribution in [3.63, 3.8) is 0 Å². The van der Waals surface area contributed by atoms with E-state index in [0.717, 1.165) is 17.7 Å². The summed E-state index contributed by atoms with van der Waals surface area (Å²) in [5.41, 5.74) is 4.05. The van der Waals surface area contributed by atoms with Gasteiger partial charge in [0.15, 0.2) is 11.5 Å². The topological polar surface area (TPSA) is 69.2 Å². The van der Waals surface area contributed by atoms with Gasteiger partial charge in [0.2, 0.25) is 5.91 Å². The third kappa shape index (κ3) is 6.16. The fraction of sp³-hybridized carbons (Fsp3) is 0.333. The van der Waals surface area contributed by atoms with Crippen LogP contribution < -0.4 is 19.6 Å². The van der Waals surface area contributed by atoms with Gasteiger partial charge in [0.05, 0.1) is 38.0 Å². The smallest absolute Gasteiger partial charge is 0.244 e. The molecule has 0 radical (unpaired) electrons. The van der Waals surface area contributed by atoms with E-state index in [-0.39, 0.29) is 18.4 Å². The third-order valence-electron chi connectivity index (χ3n) is 4.07. The Morgan fingerprint density at radius 1 is 1.21 bits per heavy atom. The summed E-state index contributed by atoms with van der Waals surface area (Å²) in [5.74, 6) is 1.53. The van der Waals surface area contributed by atoms with Crippen molar-refractivity contribution < 1.29 is 19.0 Å². The molecule has 2 rings (SSSR count). The predicted molar refractivity (Wildman–Crippen MR) is 111 cm³/mol. The van der Waals surface area contributed by atoms with E-state index in [1.807, 2.05) is 38.1 Å². The molecule has 0 fully saturated rings. The van der Waals surface area contributed by atoms with Gasteiger partial charge in [-0.25, -0.2) is 5.43 Å². The predicted octanol–water partition coefficient (Wildman–Crippen LogP) is 4.23. The average molecular weight is 405 g/mol. The highest BCUT2D eigenvalue weighted by Gasteiger charge is 2.14. The van der Waals surface area contributed by atoms with Gasteiger partial charge in [-0.2, -0.15) is 5.10 Å². The minimum Gasteiger partial charge on any atom is -0.497 e. The zero-order chi connectivity index (χ0) is 20.5. The van der Waals surface area contributed by atoms with E-state index in [1.54, 1.807) is 26.4 Å². The monoisotopic (exact) mass is 404 g/mol.